The number of nitrogens with one attached hydrogen (secondary N) is 1. The predicted octanol–water partition coefficient (Wildman–Crippen LogP) is 4.10. The first-order chi connectivity index (χ1) is 13.9. The average Bonchev–Trinajstić information content (AvgIpc) is 2.72. The van der Waals surface area contributed by atoms with Crippen molar-refractivity contribution in [2.45, 2.75) is 19.9 Å². The van der Waals surface area contributed by atoms with Crippen molar-refractivity contribution in [3.05, 3.63) is 64.1 Å². The second kappa shape index (κ2) is 9.51. The van der Waals surface area contributed by atoms with Gasteiger partial charge in [-0.3, -0.25) is 9.59 Å². The van der Waals surface area contributed by atoms with E-state index in [1.165, 1.54) is 0 Å². The van der Waals surface area contributed by atoms with Crippen molar-refractivity contribution in [1.82, 2.24) is 10.2 Å². The van der Waals surface area contributed by atoms with Crippen molar-refractivity contribution >= 4 is 40.7 Å². The summed E-state index contributed by atoms with van der Waals surface area (Å²) >= 11 is 12.4. The summed E-state index contributed by atoms with van der Waals surface area (Å²) in [5.41, 5.74) is 1.35. The molecule has 29 heavy (non-hydrogen) atoms. The molecule has 0 saturated carbocycles. The first-order valence-corrected chi connectivity index (χ1v) is 10.5. The van der Waals surface area contributed by atoms with Crippen LogP contribution >= 0.6 is 23.2 Å². The number of carbonyl (C=O) groups is 2. The van der Waals surface area contributed by atoms with E-state index in [2.05, 4.69) is 10.2 Å². The molecule has 5 nitrogen and oxygen atoms in total. The van der Waals surface area contributed by atoms with Crippen LogP contribution in [-0.4, -0.2) is 48.9 Å². The highest BCUT2D eigenvalue weighted by atomic mass is 35.5. The molecular formula is C22H25Cl2N3O2. The Kier molecular flexibility index (Phi) is 7.04. The van der Waals surface area contributed by atoms with E-state index in [9.17, 15) is 9.59 Å². The van der Waals surface area contributed by atoms with Gasteiger partial charge >= 0.3 is 0 Å². The van der Waals surface area contributed by atoms with E-state index >= 15 is 0 Å². The summed E-state index contributed by atoms with van der Waals surface area (Å²) in [6.07, 6.45) is 0. The number of benzene rings is 2. The molecule has 1 heterocycles. The third kappa shape index (κ3) is 5.03. The lowest BCUT2D eigenvalue weighted by molar-refractivity contribution is -0.134. The maximum atomic E-state index is 13.1. The molecule has 1 aliphatic rings. The summed E-state index contributed by atoms with van der Waals surface area (Å²) in [5, 5.41) is 3.95. The Balaban J connectivity index is 1.65. The molecular weight excluding hydrogens is 409 g/mol. The van der Waals surface area contributed by atoms with Gasteiger partial charge in [0.15, 0.2) is 0 Å². The second-order valence-electron chi connectivity index (χ2n) is 7.44. The molecule has 0 aromatic heterocycles. The summed E-state index contributed by atoms with van der Waals surface area (Å²) < 4.78 is 0. The molecule has 1 saturated heterocycles. The van der Waals surface area contributed by atoms with Crippen LogP contribution in [0, 0.1) is 5.92 Å². The number of hydrogen-bond donors (Lipinski definition) is 1. The molecule has 0 bridgehead atoms. The van der Waals surface area contributed by atoms with Gasteiger partial charge in [-0.05, 0) is 30.2 Å². The van der Waals surface area contributed by atoms with Crippen LogP contribution in [0.1, 0.15) is 24.2 Å². The minimum absolute atomic E-state index is 0.0458. The summed E-state index contributed by atoms with van der Waals surface area (Å²) in [6.45, 7) is 6.40. The zero-order chi connectivity index (χ0) is 21.0. The molecule has 3 rings (SSSR count). The van der Waals surface area contributed by atoms with Gasteiger partial charge in [0.25, 0.3) is 5.91 Å². The second-order valence-corrected chi connectivity index (χ2v) is 8.25. The fourth-order valence-electron chi connectivity index (χ4n) is 3.45. The Labute approximate surface area is 181 Å². The van der Waals surface area contributed by atoms with Gasteiger partial charge in [-0.25, -0.2) is 0 Å². The van der Waals surface area contributed by atoms with Gasteiger partial charge in [0.1, 0.15) is 6.04 Å². The molecule has 1 unspecified atom stereocenters. The van der Waals surface area contributed by atoms with Crippen LogP contribution in [0.3, 0.4) is 0 Å². The number of carbonyl (C=O) groups excluding carboxylic acids is 2. The van der Waals surface area contributed by atoms with Crippen LogP contribution in [0.15, 0.2) is 48.5 Å². The van der Waals surface area contributed by atoms with Gasteiger partial charge < -0.3 is 15.1 Å². The van der Waals surface area contributed by atoms with Gasteiger partial charge in [0.05, 0.1) is 21.3 Å². The van der Waals surface area contributed by atoms with Gasteiger partial charge in [-0.2, -0.15) is 0 Å². The fraction of sp³-hybridized carbons (Fsp3) is 0.364. The first-order valence-electron chi connectivity index (χ1n) is 9.72. The number of rotatable bonds is 5. The molecule has 7 heteroatoms. The summed E-state index contributed by atoms with van der Waals surface area (Å²) in [7, 11) is 0. The van der Waals surface area contributed by atoms with Crippen LogP contribution in [0.25, 0.3) is 0 Å². The Hall–Kier alpha value is -2.24. The van der Waals surface area contributed by atoms with Gasteiger partial charge in [0.2, 0.25) is 5.91 Å². The number of piperazine rings is 1. The Morgan fingerprint density at radius 2 is 1.48 bits per heavy atom. The molecule has 0 radical (unpaired) electrons. The average molecular weight is 434 g/mol. The van der Waals surface area contributed by atoms with E-state index in [1.54, 1.807) is 24.3 Å². The molecule has 0 aliphatic carbocycles. The monoisotopic (exact) mass is 433 g/mol. The summed E-state index contributed by atoms with van der Waals surface area (Å²) in [4.78, 5) is 29.8. The number of halogens is 2. The van der Waals surface area contributed by atoms with Crippen molar-refractivity contribution in [3.8, 4) is 0 Å². The molecule has 1 atom stereocenters. The van der Waals surface area contributed by atoms with Crippen molar-refractivity contribution < 1.29 is 9.59 Å². The van der Waals surface area contributed by atoms with Crippen molar-refractivity contribution in [2.75, 3.05) is 31.1 Å². The Morgan fingerprint density at radius 3 is 2.07 bits per heavy atom. The highest BCUT2D eigenvalue weighted by Gasteiger charge is 2.31. The highest BCUT2D eigenvalue weighted by molar-refractivity contribution is 6.34. The zero-order valence-corrected chi connectivity index (χ0v) is 18.1. The van der Waals surface area contributed by atoms with E-state index in [4.69, 9.17) is 23.2 Å². The molecule has 2 aromatic rings. The molecule has 1 fully saturated rings. The van der Waals surface area contributed by atoms with Gasteiger partial charge in [-0.15, -0.1) is 0 Å². The smallest absolute Gasteiger partial charge is 0.253 e. The maximum absolute atomic E-state index is 13.1. The van der Waals surface area contributed by atoms with E-state index in [-0.39, 0.29) is 17.7 Å². The quantitative estimate of drug-likeness (QED) is 0.771. The van der Waals surface area contributed by atoms with Crippen LogP contribution in [0.4, 0.5) is 5.69 Å². The topological polar surface area (TPSA) is 52.7 Å². The minimum atomic E-state index is -0.606. The third-order valence-corrected chi connectivity index (χ3v) is 5.77. The lowest BCUT2D eigenvalue weighted by atomic mass is 10.0. The largest absolute Gasteiger partial charge is 0.367 e. The fourth-order valence-corrected chi connectivity index (χ4v) is 3.93. The Morgan fingerprint density at radius 1 is 0.897 bits per heavy atom. The maximum Gasteiger partial charge on any atom is 0.253 e. The number of hydrogen-bond acceptors (Lipinski definition) is 3. The zero-order valence-electron chi connectivity index (χ0n) is 16.6. The van der Waals surface area contributed by atoms with E-state index in [1.807, 2.05) is 43.0 Å². The number of para-hydroxylation sites is 1. The van der Waals surface area contributed by atoms with Crippen LogP contribution in [0.2, 0.25) is 10.0 Å². The molecule has 0 spiro atoms. The van der Waals surface area contributed by atoms with Gasteiger partial charge in [0, 0.05) is 26.2 Å². The molecule has 1 N–H and O–H groups in total. The van der Waals surface area contributed by atoms with E-state index < -0.39 is 6.04 Å². The molecule has 1 aliphatic heterocycles. The third-order valence-electron chi connectivity index (χ3n) is 5.12. The molecule has 2 aromatic carbocycles. The van der Waals surface area contributed by atoms with Gasteiger partial charge in [-0.1, -0.05) is 61.3 Å². The normalized spacial score (nSPS) is 15.3. The molecule has 154 valence electrons. The Bertz CT molecular complexity index is 880. The van der Waals surface area contributed by atoms with Crippen LogP contribution in [0.5, 0.6) is 0 Å². The SMILES string of the molecule is CC(C)C(NC(=O)c1ccccc1Cl)C(=O)N1CCN(c2ccccc2Cl)CC1. The number of amides is 2. The van der Waals surface area contributed by atoms with Crippen molar-refractivity contribution in [1.29, 1.82) is 0 Å². The lowest BCUT2D eigenvalue weighted by Gasteiger charge is -2.38. The number of nitrogens with zero attached hydrogens (tertiary/aromatic N) is 2. The van der Waals surface area contributed by atoms with E-state index in [0.717, 1.165) is 5.69 Å². The standard InChI is InChI=1S/C22H25Cl2N3O2/c1-15(2)20(25-21(28)16-7-3-4-8-17(16)23)22(29)27-13-11-26(12-14-27)19-10-6-5-9-18(19)24/h3-10,15,20H,11-14H2,1-2H3,(H,25,28). The van der Waals surface area contributed by atoms with Crippen LogP contribution < -0.4 is 10.2 Å². The summed E-state index contributed by atoms with van der Waals surface area (Å²) in [6, 6.07) is 13.9. The number of anilines is 1. The summed E-state index contributed by atoms with van der Waals surface area (Å²) in [5.74, 6) is -0.452. The predicted molar refractivity (Wildman–Crippen MR) is 118 cm³/mol. The van der Waals surface area contributed by atoms with Crippen LogP contribution in [-0.2, 0) is 4.79 Å². The minimum Gasteiger partial charge on any atom is -0.367 e. The van der Waals surface area contributed by atoms with Crippen molar-refractivity contribution in [3.63, 3.8) is 0 Å². The molecule has 2 amide bonds. The first kappa shape index (κ1) is 21.5. The lowest BCUT2D eigenvalue weighted by Crippen LogP contribution is -2.56. The van der Waals surface area contributed by atoms with E-state index in [0.29, 0.717) is 41.8 Å². The highest BCUT2D eigenvalue weighted by Crippen LogP contribution is 2.26. The van der Waals surface area contributed by atoms with Crippen molar-refractivity contribution in [2.24, 2.45) is 5.92 Å².